The topological polar surface area (TPSA) is 83.6 Å². The highest BCUT2D eigenvalue weighted by molar-refractivity contribution is 5.77. The maximum atomic E-state index is 11.5. The number of rotatable bonds is 6. The molecule has 0 aromatic carbocycles. The minimum atomic E-state index is -0.900. The Morgan fingerprint density at radius 2 is 1.93 bits per heavy atom. The Balaban J connectivity index is 3.93. The molecule has 0 aliphatic carbocycles. The second-order valence-corrected chi connectivity index (χ2v) is 4.07. The van der Waals surface area contributed by atoms with Crippen molar-refractivity contribution in [3.63, 3.8) is 0 Å². The van der Waals surface area contributed by atoms with Crippen molar-refractivity contribution in [2.75, 3.05) is 13.6 Å². The SMILES string of the molecule is CC(C)C(N)CC(=O)N(C)CCC(=O)O. The first kappa shape index (κ1) is 13.9. The fourth-order valence-corrected chi connectivity index (χ4v) is 0.981. The van der Waals surface area contributed by atoms with Gasteiger partial charge in [0, 0.05) is 26.1 Å². The van der Waals surface area contributed by atoms with Gasteiger partial charge in [-0.3, -0.25) is 9.59 Å². The van der Waals surface area contributed by atoms with Gasteiger partial charge in [-0.15, -0.1) is 0 Å². The minimum absolute atomic E-state index is 0.0286. The van der Waals surface area contributed by atoms with Gasteiger partial charge in [0.25, 0.3) is 0 Å². The molecule has 1 atom stereocenters. The Hall–Kier alpha value is -1.10. The van der Waals surface area contributed by atoms with Crippen LogP contribution in [-0.4, -0.2) is 41.5 Å². The number of nitrogens with zero attached hydrogens (tertiary/aromatic N) is 1. The zero-order chi connectivity index (χ0) is 12.0. The van der Waals surface area contributed by atoms with Crippen molar-refractivity contribution >= 4 is 11.9 Å². The first-order valence-electron chi connectivity index (χ1n) is 5.06. The fourth-order valence-electron chi connectivity index (χ4n) is 0.981. The third-order valence-corrected chi connectivity index (χ3v) is 2.35. The van der Waals surface area contributed by atoms with Gasteiger partial charge in [0.15, 0.2) is 0 Å². The summed E-state index contributed by atoms with van der Waals surface area (Å²) in [6.45, 7) is 4.14. The summed E-state index contributed by atoms with van der Waals surface area (Å²) in [5.41, 5.74) is 5.75. The van der Waals surface area contributed by atoms with Crippen LogP contribution >= 0.6 is 0 Å². The van der Waals surface area contributed by atoms with Crippen LogP contribution in [-0.2, 0) is 9.59 Å². The average molecular weight is 216 g/mol. The van der Waals surface area contributed by atoms with Crippen molar-refractivity contribution < 1.29 is 14.7 Å². The number of carboxylic acid groups (broad SMARTS) is 1. The number of carbonyl (C=O) groups is 2. The summed E-state index contributed by atoms with van der Waals surface area (Å²) < 4.78 is 0. The highest BCUT2D eigenvalue weighted by Crippen LogP contribution is 2.05. The van der Waals surface area contributed by atoms with E-state index in [1.807, 2.05) is 13.8 Å². The van der Waals surface area contributed by atoms with Crippen LogP contribution in [0.25, 0.3) is 0 Å². The second kappa shape index (κ2) is 6.40. The van der Waals surface area contributed by atoms with Crippen LogP contribution in [0.2, 0.25) is 0 Å². The van der Waals surface area contributed by atoms with Crippen LogP contribution < -0.4 is 5.73 Å². The summed E-state index contributed by atoms with van der Waals surface area (Å²) in [5.74, 6) is -0.748. The van der Waals surface area contributed by atoms with E-state index in [-0.39, 0.29) is 37.3 Å². The van der Waals surface area contributed by atoms with Gasteiger partial charge in [-0.05, 0) is 5.92 Å². The van der Waals surface area contributed by atoms with Crippen molar-refractivity contribution in [3.05, 3.63) is 0 Å². The van der Waals surface area contributed by atoms with Crippen LogP contribution in [0.5, 0.6) is 0 Å². The number of hydrogen-bond acceptors (Lipinski definition) is 3. The van der Waals surface area contributed by atoms with E-state index in [1.165, 1.54) is 4.90 Å². The third-order valence-electron chi connectivity index (χ3n) is 2.35. The molecule has 1 amide bonds. The van der Waals surface area contributed by atoms with Crippen molar-refractivity contribution in [1.29, 1.82) is 0 Å². The zero-order valence-corrected chi connectivity index (χ0v) is 9.56. The Bertz CT molecular complexity index is 229. The molecule has 0 rings (SSSR count). The summed E-state index contributed by atoms with van der Waals surface area (Å²) in [7, 11) is 1.60. The van der Waals surface area contributed by atoms with Crippen molar-refractivity contribution in [1.82, 2.24) is 4.90 Å². The van der Waals surface area contributed by atoms with Gasteiger partial charge >= 0.3 is 5.97 Å². The molecule has 0 aliphatic heterocycles. The van der Waals surface area contributed by atoms with Gasteiger partial charge in [-0.25, -0.2) is 0 Å². The van der Waals surface area contributed by atoms with Gasteiger partial charge in [0.1, 0.15) is 0 Å². The molecule has 0 radical (unpaired) electrons. The van der Waals surface area contributed by atoms with E-state index in [0.717, 1.165) is 0 Å². The molecule has 3 N–H and O–H groups in total. The molecule has 5 nitrogen and oxygen atoms in total. The van der Waals surface area contributed by atoms with E-state index in [0.29, 0.717) is 0 Å². The molecular weight excluding hydrogens is 196 g/mol. The van der Waals surface area contributed by atoms with Crippen molar-refractivity contribution in [2.45, 2.75) is 32.7 Å². The first-order valence-corrected chi connectivity index (χ1v) is 5.06. The largest absolute Gasteiger partial charge is 0.481 e. The van der Waals surface area contributed by atoms with E-state index in [4.69, 9.17) is 10.8 Å². The molecule has 0 aromatic rings. The highest BCUT2D eigenvalue weighted by Gasteiger charge is 2.16. The molecule has 15 heavy (non-hydrogen) atoms. The number of hydrogen-bond donors (Lipinski definition) is 2. The predicted molar refractivity (Wildman–Crippen MR) is 57.3 cm³/mol. The third kappa shape index (κ3) is 6.06. The number of aliphatic carboxylic acids is 1. The van der Waals surface area contributed by atoms with Gasteiger partial charge in [-0.2, -0.15) is 0 Å². The Labute approximate surface area is 90.2 Å². The van der Waals surface area contributed by atoms with Crippen molar-refractivity contribution in [2.24, 2.45) is 11.7 Å². The van der Waals surface area contributed by atoms with E-state index in [1.54, 1.807) is 7.05 Å². The summed E-state index contributed by atoms with van der Waals surface area (Å²) in [5, 5.41) is 8.45. The molecule has 0 bridgehead atoms. The lowest BCUT2D eigenvalue weighted by molar-refractivity contribution is -0.138. The molecule has 0 heterocycles. The summed E-state index contributed by atoms with van der Waals surface area (Å²) in [4.78, 5) is 23.2. The number of carboxylic acids is 1. The number of carbonyl (C=O) groups excluding carboxylic acids is 1. The molecule has 5 heteroatoms. The minimum Gasteiger partial charge on any atom is -0.481 e. The van der Waals surface area contributed by atoms with E-state index in [9.17, 15) is 9.59 Å². The number of nitrogens with two attached hydrogens (primary N) is 1. The van der Waals surface area contributed by atoms with Gasteiger partial charge < -0.3 is 15.7 Å². The van der Waals surface area contributed by atoms with E-state index >= 15 is 0 Å². The fraction of sp³-hybridized carbons (Fsp3) is 0.800. The quantitative estimate of drug-likeness (QED) is 0.668. The maximum Gasteiger partial charge on any atom is 0.305 e. The van der Waals surface area contributed by atoms with Gasteiger partial charge in [-0.1, -0.05) is 13.8 Å². The van der Waals surface area contributed by atoms with Gasteiger partial charge in [0.05, 0.1) is 6.42 Å². The van der Waals surface area contributed by atoms with E-state index < -0.39 is 5.97 Å². The summed E-state index contributed by atoms with van der Waals surface area (Å²) in [6.07, 6.45) is 0.243. The van der Waals surface area contributed by atoms with Gasteiger partial charge in [0.2, 0.25) is 5.91 Å². The van der Waals surface area contributed by atoms with Crippen LogP contribution in [0.1, 0.15) is 26.7 Å². The maximum absolute atomic E-state index is 11.5. The monoisotopic (exact) mass is 216 g/mol. The molecule has 0 fully saturated rings. The molecule has 88 valence electrons. The predicted octanol–water partition coefficient (Wildman–Crippen LogP) is 0.293. The Kier molecular flexibility index (Phi) is 5.93. The summed E-state index contributed by atoms with van der Waals surface area (Å²) in [6, 6.07) is -0.162. The smallest absolute Gasteiger partial charge is 0.305 e. The molecular formula is C10H20N2O3. The zero-order valence-electron chi connectivity index (χ0n) is 9.56. The lowest BCUT2D eigenvalue weighted by Gasteiger charge is -2.20. The molecule has 1 unspecified atom stereocenters. The normalized spacial score (nSPS) is 12.6. The lowest BCUT2D eigenvalue weighted by atomic mass is 10.0. The molecule has 0 aromatic heterocycles. The van der Waals surface area contributed by atoms with Crippen LogP contribution in [0.4, 0.5) is 0 Å². The second-order valence-electron chi connectivity index (χ2n) is 4.07. The lowest BCUT2D eigenvalue weighted by Crippen LogP contribution is -2.36. The van der Waals surface area contributed by atoms with E-state index in [2.05, 4.69) is 0 Å². The van der Waals surface area contributed by atoms with Crippen molar-refractivity contribution in [3.8, 4) is 0 Å². The standard InChI is InChI=1S/C10H20N2O3/c1-7(2)8(11)6-9(13)12(3)5-4-10(14)15/h7-8H,4-6,11H2,1-3H3,(H,14,15). The first-order chi connectivity index (χ1) is 6.84. The number of amides is 1. The summed E-state index contributed by atoms with van der Waals surface area (Å²) >= 11 is 0. The van der Waals surface area contributed by atoms with Crippen LogP contribution in [0.3, 0.4) is 0 Å². The molecule has 0 aliphatic rings. The molecule has 0 spiro atoms. The van der Waals surface area contributed by atoms with Crippen LogP contribution in [0, 0.1) is 5.92 Å². The Morgan fingerprint density at radius 3 is 2.33 bits per heavy atom. The Morgan fingerprint density at radius 1 is 1.40 bits per heavy atom. The van der Waals surface area contributed by atoms with Crippen LogP contribution in [0.15, 0.2) is 0 Å². The highest BCUT2D eigenvalue weighted by atomic mass is 16.4. The molecule has 0 saturated carbocycles. The molecule has 0 saturated heterocycles. The average Bonchev–Trinajstić information content (AvgIpc) is 2.13.